The van der Waals surface area contributed by atoms with Gasteiger partial charge in [0.25, 0.3) is 5.69 Å². The number of urea groups is 1. The average Bonchev–Trinajstić information content (AvgIpc) is 2.59. The third-order valence-corrected chi connectivity index (χ3v) is 3.99. The van der Waals surface area contributed by atoms with Gasteiger partial charge in [-0.25, -0.2) is 4.79 Å². The van der Waals surface area contributed by atoms with E-state index in [1.165, 1.54) is 11.0 Å². The number of benzene rings is 1. The number of morpholine rings is 1. The first-order valence-corrected chi connectivity index (χ1v) is 7.97. The van der Waals surface area contributed by atoms with Crippen LogP contribution in [0.15, 0.2) is 24.3 Å². The highest BCUT2D eigenvalue weighted by molar-refractivity contribution is 5.74. The molecule has 0 radical (unpaired) electrons. The minimum atomic E-state index is -0.407. The molecule has 0 N–H and O–H groups in total. The lowest BCUT2D eigenvalue weighted by atomic mass is 10.1. The van der Waals surface area contributed by atoms with Crippen LogP contribution in [0.3, 0.4) is 0 Å². The molecule has 0 atom stereocenters. The maximum atomic E-state index is 12.4. The number of nitro benzene ring substituents is 1. The lowest BCUT2D eigenvalue weighted by molar-refractivity contribution is -0.385. The van der Waals surface area contributed by atoms with Gasteiger partial charge in [-0.15, -0.1) is 0 Å². The van der Waals surface area contributed by atoms with Crippen molar-refractivity contribution < 1.29 is 14.5 Å². The van der Waals surface area contributed by atoms with Gasteiger partial charge in [0.15, 0.2) is 0 Å². The van der Waals surface area contributed by atoms with E-state index in [1.54, 1.807) is 37.2 Å². The molecule has 2 rings (SSSR count). The van der Waals surface area contributed by atoms with Crippen LogP contribution in [0.1, 0.15) is 5.56 Å². The lowest BCUT2D eigenvalue weighted by Crippen LogP contribution is -2.45. The molecule has 8 heteroatoms. The van der Waals surface area contributed by atoms with E-state index >= 15 is 0 Å². The first-order chi connectivity index (χ1) is 11.5. The first-order valence-electron chi connectivity index (χ1n) is 7.97. The number of para-hydroxylation sites is 1. The summed E-state index contributed by atoms with van der Waals surface area (Å²) in [6.45, 7) is 4.55. The monoisotopic (exact) mass is 336 g/mol. The summed E-state index contributed by atoms with van der Waals surface area (Å²) >= 11 is 0. The summed E-state index contributed by atoms with van der Waals surface area (Å²) in [6, 6.07) is 6.40. The van der Waals surface area contributed by atoms with Gasteiger partial charge in [-0.1, -0.05) is 18.2 Å². The van der Waals surface area contributed by atoms with Gasteiger partial charge >= 0.3 is 6.03 Å². The first kappa shape index (κ1) is 18.2. The molecule has 1 aromatic carbocycles. The van der Waals surface area contributed by atoms with Crippen LogP contribution in [-0.4, -0.2) is 79.1 Å². The van der Waals surface area contributed by atoms with Gasteiger partial charge in [-0.05, 0) is 0 Å². The van der Waals surface area contributed by atoms with E-state index in [0.29, 0.717) is 25.3 Å². The molecule has 1 aromatic rings. The van der Waals surface area contributed by atoms with E-state index in [-0.39, 0.29) is 18.3 Å². The van der Waals surface area contributed by atoms with Gasteiger partial charge in [0.1, 0.15) is 0 Å². The predicted octanol–water partition coefficient (Wildman–Crippen LogP) is 1.41. The number of carbonyl (C=O) groups is 1. The number of hydrogen-bond acceptors (Lipinski definition) is 5. The van der Waals surface area contributed by atoms with Crippen molar-refractivity contribution >= 4 is 11.7 Å². The minimum Gasteiger partial charge on any atom is -0.379 e. The topological polar surface area (TPSA) is 79.2 Å². The Bertz CT molecular complexity index is 573. The van der Waals surface area contributed by atoms with E-state index in [2.05, 4.69) is 4.90 Å². The fourth-order valence-corrected chi connectivity index (χ4v) is 2.64. The largest absolute Gasteiger partial charge is 0.379 e. The number of hydrogen-bond donors (Lipinski definition) is 0. The molecular formula is C16H24N4O4. The van der Waals surface area contributed by atoms with Crippen LogP contribution >= 0.6 is 0 Å². The van der Waals surface area contributed by atoms with Gasteiger partial charge in [-0.3, -0.25) is 15.0 Å². The standard InChI is InChI=1S/C16H24N4O4/c1-17(2)16(21)19(8-7-18-9-11-24-12-10-18)13-14-5-3-4-6-15(14)20(22)23/h3-6H,7-13H2,1-2H3. The summed E-state index contributed by atoms with van der Waals surface area (Å²) in [5, 5.41) is 11.2. The molecule has 0 aromatic heterocycles. The summed E-state index contributed by atoms with van der Waals surface area (Å²) in [5.41, 5.74) is 0.583. The third-order valence-electron chi connectivity index (χ3n) is 3.99. The van der Waals surface area contributed by atoms with Crippen molar-refractivity contribution in [2.75, 3.05) is 53.5 Å². The summed E-state index contributed by atoms with van der Waals surface area (Å²) < 4.78 is 5.32. The van der Waals surface area contributed by atoms with Crippen molar-refractivity contribution in [1.82, 2.24) is 14.7 Å². The molecule has 0 unspecified atom stereocenters. The van der Waals surface area contributed by atoms with Crippen LogP contribution in [-0.2, 0) is 11.3 Å². The Morgan fingerprint density at radius 2 is 1.96 bits per heavy atom. The molecule has 1 saturated heterocycles. The second kappa shape index (κ2) is 8.60. The highest BCUT2D eigenvalue weighted by Gasteiger charge is 2.22. The molecule has 0 spiro atoms. The van der Waals surface area contributed by atoms with Crippen LogP contribution in [0.4, 0.5) is 10.5 Å². The van der Waals surface area contributed by atoms with E-state index in [0.717, 1.165) is 19.6 Å². The number of nitrogens with zero attached hydrogens (tertiary/aromatic N) is 4. The summed E-state index contributed by atoms with van der Waals surface area (Å²) in [5.74, 6) is 0. The molecule has 1 aliphatic heterocycles. The predicted molar refractivity (Wildman–Crippen MR) is 89.8 cm³/mol. The second-order valence-corrected chi connectivity index (χ2v) is 5.94. The van der Waals surface area contributed by atoms with Gasteiger partial charge in [0.2, 0.25) is 0 Å². The van der Waals surface area contributed by atoms with E-state index in [1.807, 2.05) is 0 Å². The molecule has 0 aliphatic carbocycles. The Labute approximate surface area is 141 Å². The minimum absolute atomic E-state index is 0.0421. The summed E-state index contributed by atoms with van der Waals surface area (Å²) in [6.07, 6.45) is 0. The zero-order valence-corrected chi connectivity index (χ0v) is 14.2. The second-order valence-electron chi connectivity index (χ2n) is 5.94. The van der Waals surface area contributed by atoms with Crippen LogP contribution in [0, 0.1) is 10.1 Å². The van der Waals surface area contributed by atoms with Crippen molar-refractivity contribution in [2.45, 2.75) is 6.54 Å². The number of carbonyl (C=O) groups excluding carboxylic acids is 1. The van der Waals surface area contributed by atoms with Crippen LogP contribution < -0.4 is 0 Å². The molecule has 8 nitrogen and oxygen atoms in total. The van der Waals surface area contributed by atoms with Gasteiger partial charge in [0, 0.05) is 51.9 Å². The summed E-state index contributed by atoms with van der Waals surface area (Å²) in [7, 11) is 3.37. The van der Waals surface area contributed by atoms with Gasteiger partial charge in [0.05, 0.1) is 24.7 Å². The number of rotatable bonds is 6. The van der Waals surface area contributed by atoms with Crippen LogP contribution in [0.25, 0.3) is 0 Å². The maximum absolute atomic E-state index is 12.4. The number of amides is 2. The van der Waals surface area contributed by atoms with E-state index in [9.17, 15) is 14.9 Å². The highest BCUT2D eigenvalue weighted by Crippen LogP contribution is 2.20. The smallest absolute Gasteiger partial charge is 0.319 e. The zero-order chi connectivity index (χ0) is 17.5. The molecule has 1 heterocycles. The Hall–Kier alpha value is -2.19. The normalized spacial score (nSPS) is 15.1. The molecule has 24 heavy (non-hydrogen) atoms. The molecule has 2 amide bonds. The zero-order valence-electron chi connectivity index (χ0n) is 14.2. The Morgan fingerprint density at radius 1 is 1.29 bits per heavy atom. The SMILES string of the molecule is CN(C)C(=O)N(CCN1CCOCC1)Cc1ccccc1[N+](=O)[O-]. The molecule has 0 bridgehead atoms. The quantitative estimate of drug-likeness (QED) is 0.580. The highest BCUT2D eigenvalue weighted by atomic mass is 16.6. The Kier molecular flexibility index (Phi) is 6.51. The van der Waals surface area contributed by atoms with Crippen molar-refractivity contribution in [1.29, 1.82) is 0 Å². The van der Waals surface area contributed by atoms with Crippen molar-refractivity contribution in [3.8, 4) is 0 Å². The van der Waals surface area contributed by atoms with E-state index < -0.39 is 4.92 Å². The number of ether oxygens (including phenoxy) is 1. The fourth-order valence-electron chi connectivity index (χ4n) is 2.64. The maximum Gasteiger partial charge on any atom is 0.319 e. The average molecular weight is 336 g/mol. The Morgan fingerprint density at radius 3 is 2.58 bits per heavy atom. The molecule has 1 fully saturated rings. The van der Waals surface area contributed by atoms with Crippen molar-refractivity contribution in [3.05, 3.63) is 39.9 Å². The fraction of sp³-hybridized carbons (Fsp3) is 0.562. The Balaban J connectivity index is 2.08. The third kappa shape index (κ3) is 4.90. The van der Waals surface area contributed by atoms with Crippen LogP contribution in [0.2, 0.25) is 0 Å². The molecule has 0 saturated carbocycles. The van der Waals surface area contributed by atoms with E-state index in [4.69, 9.17) is 4.74 Å². The lowest BCUT2D eigenvalue weighted by Gasteiger charge is -2.31. The van der Waals surface area contributed by atoms with Crippen molar-refractivity contribution in [3.63, 3.8) is 0 Å². The molecular weight excluding hydrogens is 312 g/mol. The molecule has 1 aliphatic rings. The molecule has 132 valence electrons. The van der Waals surface area contributed by atoms with Crippen LogP contribution in [0.5, 0.6) is 0 Å². The summed E-state index contributed by atoms with van der Waals surface area (Å²) in [4.78, 5) is 28.6. The van der Waals surface area contributed by atoms with Crippen molar-refractivity contribution in [2.24, 2.45) is 0 Å². The van der Waals surface area contributed by atoms with Gasteiger partial charge < -0.3 is 14.5 Å². The number of nitro groups is 1. The van der Waals surface area contributed by atoms with Gasteiger partial charge in [-0.2, -0.15) is 0 Å².